The highest BCUT2D eigenvalue weighted by Gasteiger charge is 2.57. The van der Waals surface area contributed by atoms with Gasteiger partial charge in [0.15, 0.2) is 11.5 Å². The molecule has 2 N–H and O–H groups in total. The molecule has 0 aliphatic carbocycles. The number of ether oxygens (including phenoxy) is 2. The maximum atomic E-state index is 15.9. The van der Waals surface area contributed by atoms with Gasteiger partial charge in [-0.05, 0) is 43.7 Å². The number of hydrogen-bond donors (Lipinski definition) is 1. The molecule has 0 bridgehead atoms. The fourth-order valence-corrected chi connectivity index (χ4v) is 4.11. The highest BCUT2D eigenvalue weighted by atomic mass is 19.3. The van der Waals surface area contributed by atoms with E-state index >= 15 is 4.39 Å². The van der Waals surface area contributed by atoms with Crippen LogP contribution in [0.4, 0.5) is 13.2 Å². The van der Waals surface area contributed by atoms with Crippen molar-refractivity contribution in [2.75, 3.05) is 7.05 Å². The number of carbonyl (C=O) groups is 1. The number of aliphatic imine (C=N–C) groups is 1. The summed E-state index contributed by atoms with van der Waals surface area (Å²) in [5.74, 6) is -1.11. The van der Waals surface area contributed by atoms with Crippen molar-refractivity contribution < 1.29 is 27.4 Å². The van der Waals surface area contributed by atoms with Crippen molar-refractivity contribution in [2.45, 2.75) is 38.0 Å². The number of carbonyl (C=O) groups excluding carboxylic acids is 1. The van der Waals surface area contributed by atoms with E-state index in [0.29, 0.717) is 5.56 Å². The Labute approximate surface area is 171 Å². The van der Waals surface area contributed by atoms with Crippen LogP contribution in [0, 0.1) is 5.82 Å². The van der Waals surface area contributed by atoms with Crippen LogP contribution in [0.25, 0.3) is 11.1 Å². The molecule has 2 aliphatic heterocycles. The van der Waals surface area contributed by atoms with Crippen molar-refractivity contribution >= 4 is 11.9 Å². The molecule has 0 aromatic heterocycles. The summed E-state index contributed by atoms with van der Waals surface area (Å²) >= 11 is 0. The van der Waals surface area contributed by atoms with Gasteiger partial charge in [-0.15, -0.1) is 0 Å². The number of halogens is 3. The normalized spacial score (nSPS) is 22.2. The van der Waals surface area contributed by atoms with Crippen LogP contribution in [0.15, 0.2) is 41.4 Å². The van der Waals surface area contributed by atoms with E-state index in [9.17, 15) is 13.6 Å². The zero-order valence-electron chi connectivity index (χ0n) is 16.6. The number of nitrogens with zero attached hydrogens (tertiary/aromatic N) is 2. The first-order chi connectivity index (χ1) is 14.0. The fraction of sp³-hybridized carbons (Fsp3) is 0.333. The first-order valence-corrected chi connectivity index (χ1v) is 9.25. The minimum Gasteiger partial charge on any atom is -0.487 e. The molecular formula is C21H20F3N3O3. The van der Waals surface area contributed by atoms with Crippen LogP contribution in [-0.4, -0.2) is 36.0 Å². The van der Waals surface area contributed by atoms with Gasteiger partial charge in [-0.3, -0.25) is 9.69 Å². The Morgan fingerprint density at radius 2 is 2.00 bits per heavy atom. The standard InChI is InChI=1S/C21H20F3N3O3/c1-20(2)10-21(17(28)27(3)19(25)26-21)15-14(30-20)8-7-13(16(15)22)11-5-4-6-12(9-11)29-18(23)24/h4-9,18H,10H2,1-3H3,(H2,25,26). The molecular weight excluding hydrogens is 399 g/mol. The summed E-state index contributed by atoms with van der Waals surface area (Å²) in [5, 5.41) is 0. The Morgan fingerprint density at radius 3 is 2.63 bits per heavy atom. The summed E-state index contributed by atoms with van der Waals surface area (Å²) in [7, 11) is 1.48. The lowest BCUT2D eigenvalue weighted by Crippen LogP contribution is -2.49. The molecule has 158 valence electrons. The number of nitrogens with two attached hydrogens (primary N) is 1. The fourth-order valence-electron chi connectivity index (χ4n) is 4.11. The van der Waals surface area contributed by atoms with Gasteiger partial charge in [0.1, 0.15) is 22.9 Å². The lowest BCUT2D eigenvalue weighted by molar-refractivity contribution is -0.133. The second-order valence-electron chi connectivity index (χ2n) is 7.94. The van der Waals surface area contributed by atoms with Gasteiger partial charge in [0, 0.05) is 19.0 Å². The number of likely N-dealkylation sites (N-methyl/N-ethyl adjacent to an activating group) is 1. The Kier molecular flexibility index (Phi) is 4.44. The first kappa shape index (κ1) is 20.1. The molecule has 6 nitrogen and oxygen atoms in total. The van der Waals surface area contributed by atoms with E-state index in [2.05, 4.69) is 9.73 Å². The van der Waals surface area contributed by atoms with Gasteiger partial charge in [-0.25, -0.2) is 9.38 Å². The van der Waals surface area contributed by atoms with Crippen LogP contribution in [-0.2, 0) is 10.3 Å². The SMILES string of the molecule is CN1C(=O)C2(CC(C)(C)Oc3ccc(-c4cccc(OC(F)F)c4)c(F)c32)N=C1N. The number of amides is 1. The molecule has 2 aromatic carbocycles. The van der Waals surface area contributed by atoms with Crippen molar-refractivity contribution in [2.24, 2.45) is 10.7 Å². The average molecular weight is 419 g/mol. The molecule has 0 saturated heterocycles. The van der Waals surface area contributed by atoms with Gasteiger partial charge in [-0.2, -0.15) is 8.78 Å². The molecule has 1 atom stereocenters. The van der Waals surface area contributed by atoms with E-state index in [1.165, 1.54) is 36.2 Å². The molecule has 1 amide bonds. The maximum absolute atomic E-state index is 15.9. The van der Waals surface area contributed by atoms with Gasteiger partial charge in [-0.1, -0.05) is 12.1 Å². The summed E-state index contributed by atoms with van der Waals surface area (Å²) in [5.41, 5.74) is 3.93. The smallest absolute Gasteiger partial charge is 0.387 e. The average Bonchev–Trinajstić information content (AvgIpc) is 2.84. The number of fused-ring (bicyclic) bond motifs is 2. The molecule has 2 heterocycles. The number of benzene rings is 2. The van der Waals surface area contributed by atoms with Crippen LogP contribution in [0.5, 0.6) is 11.5 Å². The number of alkyl halides is 2. The van der Waals surface area contributed by atoms with Gasteiger partial charge in [0.25, 0.3) is 5.91 Å². The number of guanidine groups is 1. The summed E-state index contributed by atoms with van der Waals surface area (Å²) < 4.78 is 51.3. The molecule has 0 fully saturated rings. The zero-order valence-corrected chi connectivity index (χ0v) is 16.6. The molecule has 4 rings (SSSR count). The van der Waals surface area contributed by atoms with E-state index in [0.717, 1.165) is 0 Å². The van der Waals surface area contributed by atoms with Gasteiger partial charge in [0.2, 0.25) is 0 Å². The van der Waals surface area contributed by atoms with Gasteiger partial charge >= 0.3 is 6.61 Å². The highest BCUT2D eigenvalue weighted by Crippen LogP contribution is 2.51. The maximum Gasteiger partial charge on any atom is 0.387 e. The predicted molar refractivity (Wildman–Crippen MR) is 104 cm³/mol. The summed E-state index contributed by atoms with van der Waals surface area (Å²) in [6.07, 6.45) is 0.0891. The van der Waals surface area contributed by atoms with Gasteiger partial charge in [0.05, 0.1) is 5.56 Å². The predicted octanol–water partition coefficient (Wildman–Crippen LogP) is 3.64. The van der Waals surface area contributed by atoms with Crippen LogP contribution >= 0.6 is 0 Å². The Hall–Kier alpha value is -3.23. The molecule has 30 heavy (non-hydrogen) atoms. The van der Waals surface area contributed by atoms with Crippen molar-refractivity contribution in [3.63, 3.8) is 0 Å². The molecule has 0 radical (unpaired) electrons. The largest absolute Gasteiger partial charge is 0.487 e. The topological polar surface area (TPSA) is 77.2 Å². The second kappa shape index (κ2) is 6.65. The minimum atomic E-state index is -3.00. The lowest BCUT2D eigenvalue weighted by atomic mass is 9.76. The number of hydrogen-bond acceptors (Lipinski definition) is 5. The monoisotopic (exact) mass is 419 g/mol. The van der Waals surface area contributed by atoms with Crippen molar-refractivity contribution in [1.82, 2.24) is 4.90 Å². The molecule has 0 saturated carbocycles. The van der Waals surface area contributed by atoms with Crippen LogP contribution in [0.1, 0.15) is 25.8 Å². The van der Waals surface area contributed by atoms with E-state index in [-0.39, 0.29) is 35.0 Å². The third kappa shape index (κ3) is 3.05. The highest BCUT2D eigenvalue weighted by molar-refractivity contribution is 6.07. The van der Waals surface area contributed by atoms with Crippen LogP contribution in [0.2, 0.25) is 0 Å². The third-order valence-electron chi connectivity index (χ3n) is 5.26. The molecule has 1 spiro atoms. The van der Waals surface area contributed by atoms with E-state index < -0.39 is 29.5 Å². The summed E-state index contributed by atoms with van der Waals surface area (Å²) in [6.45, 7) is 0.564. The quantitative estimate of drug-likeness (QED) is 0.824. The van der Waals surface area contributed by atoms with Crippen molar-refractivity contribution in [3.05, 3.63) is 47.8 Å². The van der Waals surface area contributed by atoms with E-state index in [4.69, 9.17) is 10.5 Å². The Morgan fingerprint density at radius 1 is 1.27 bits per heavy atom. The Bertz CT molecular complexity index is 1070. The number of rotatable bonds is 3. The lowest BCUT2D eigenvalue weighted by Gasteiger charge is -2.41. The second-order valence-corrected chi connectivity index (χ2v) is 7.94. The van der Waals surface area contributed by atoms with Crippen LogP contribution < -0.4 is 15.2 Å². The Balaban J connectivity index is 1.91. The van der Waals surface area contributed by atoms with Crippen molar-refractivity contribution in [1.29, 1.82) is 0 Å². The van der Waals surface area contributed by atoms with Crippen LogP contribution in [0.3, 0.4) is 0 Å². The minimum absolute atomic E-state index is 0.0132. The summed E-state index contributed by atoms with van der Waals surface area (Å²) in [4.78, 5) is 18.7. The van der Waals surface area contributed by atoms with Gasteiger partial charge < -0.3 is 15.2 Å². The summed E-state index contributed by atoms with van der Waals surface area (Å²) in [6, 6.07) is 8.71. The molecule has 1 unspecified atom stereocenters. The molecule has 2 aromatic rings. The third-order valence-corrected chi connectivity index (χ3v) is 5.26. The van der Waals surface area contributed by atoms with Crippen molar-refractivity contribution in [3.8, 4) is 22.6 Å². The van der Waals surface area contributed by atoms with E-state index in [1.54, 1.807) is 26.0 Å². The van der Waals surface area contributed by atoms with E-state index in [1.807, 2.05) is 0 Å². The zero-order chi connectivity index (χ0) is 21.8. The molecule has 9 heteroatoms. The molecule has 2 aliphatic rings. The first-order valence-electron chi connectivity index (χ1n) is 9.25.